The van der Waals surface area contributed by atoms with Gasteiger partial charge in [-0.3, -0.25) is 9.48 Å². The van der Waals surface area contributed by atoms with Crippen molar-refractivity contribution < 1.29 is 14.1 Å². The Balaban J connectivity index is 1.54. The van der Waals surface area contributed by atoms with Gasteiger partial charge in [0.1, 0.15) is 6.54 Å². The SMILES string of the molecule is O=C(NCC1CCCO1)c1nc(Cn2cc(Cl)cn2)no1. The maximum atomic E-state index is 11.9. The van der Waals surface area contributed by atoms with E-state index in [9.17, 15) is 4.79 Å². The van der Waals surface area contributed by atoms with E-state index in [0.29, 0.717) is 17.4 Å². The van der Waals surface area contributed by atoms with Crippen LogP contribution in [0.3, 0.4) is 0 Å². The number of hydrogen-bond donors (Lipinski definition) is 1. The minimum absolute atomic E-state index is 0.0683. The maximum absolute atomic E-state index is 11.9. The number of rotatable bonds is 5. The Labute approximate surface area is 125 Å². The number of carbonyl (C=O) groups is 1. The number of carbonyl (C=O) groups excluding carboxylic acids is 1. The van der Waals surface area contributed by atoms with E-state index < -0.39 is 5.91 Å². The Hall–Kier alpha value is -1.93. The molecule has 3 heterocycles. The second kappa shape index (κ2) is 6.23. The van der Waals surface area contributed by atoms with Gasteiger partial charge in [0, 0.05) is 19.3 Å². The fourth-order valence-corrected chi connectivity index (χ4v) is 2.22. The highest BCUT2D eigenvalue weighted by Gasteiger charge is 2.19. The van der Waals surface area contributed by atoms with Crippen LogP contribution in [0.5, 0.6) is 0 Å². The number of amides is 1. The minimum Gasteiger partial charge on any atom is -0.376 e. The van der Waals surface area contributed by atoms with Gasteiger partial charge in [0.15, 0.2) is 5.82 Å². The van der Waals surface area contributed by atoms with E-state index in [4.69, 9.17) is 20.9 Å². The lowest BCUT2D eigenvalue weighted by Gasteiger charge is -2.08. The topological polar surface area (TPSA) is 95.1 Å². The number of nitrogens with zero attached hydrogens (tertiary/aromatic N) is 4. The van der Waals surface area contributed by atoms with Gasteiger partial charge in [-0.15, -0.1) is 0 Å². The van der Waals surface area contributed by atoms with E-state index >= 15 is 0 Å². The monoisotopic (exact) mass is 311 g/mol. The standard InChI is InChI=1S/C12H14ClN5O3/c13-8-4-15-18(6-8)7-10-16-12(21-17-10)11(19)14-5-9-2-1-3-20-9/h4,6,9H,1-3,5,7H2,(H,14,19). The maximum Gasteiger partial charge on any atom is 0.316 e. The Kier molecular flexibility index (Phi) is 4.16. The van der Waals surface area contributed by atoms with E-state index in [1.54, 1.807) is 10.9 Å². The van der Waals surface area contributed by atoms with Crippen molar-refractivity contribution in [2.45, 2.75) is 25.5 Å². The third kappa shape index (κ3) is 3.59. The van der Waals surface area contributed by atoms with E-state index in [1.807, 2.05) is 0 Å². The van der Waals surface area contributed by atoms with Crippen molar-refractivity contribution in [2.75, 3.05) is 13.2 Å². The molecule has 1 aliphatic rings. The quantitative estimate of drug-likeness (QED) is 0.880. The molecule has 21 heavy (non-hydrogen) atoms. The zero-order valence-electron chi connectivity index (χ0n) is 11.2. The van der Waals surface area contributed by atoms with Gasteiger partial charge < -0.3 is 14.6 Å². The van der Waals surface area contributed by atoms with Gasteiger partial charge in [0.05, 0.1) is 17.3 Å². The number of hydrogen-bond acceptors (Lipinski definition) is 6. The van der Waals surface area contributed by atoms with E-state index in [1.165, 1.54) is 6.20 Å². The van der Waals surface area contributed by atoms with E-state index in [2.05, 4.69) is 20.6 Å². The summed E-state index contributed by atoms with van der Waals surface area (Å²) in [5, 5.41) is 11.0. The van der Waals surface area contributed by atoms with Crippen molar-refractivity contribution >= 4 is 17.5 Å². The molecule has 1 fully saturated rings. The van der Waals surface area contributed by atoms with Crippen molar-refractivity contribution in [1.29, 1.82) is 0 Å². The molecule has 9 heteroatoms. The molecule has 1 atom stereocenters. The molecule has 0 spiro atoms. The first-order chi connectivity index (χ1) is 10.2. The average Bonchev–Trinajstić information content (AvgIpc) is 3.19. The summed E-state index contributed by atoms with van der Waals surface area (Å²) in [6.45, 7) is 1.48. The van der Waals surface area contributed by atoms with Gasteiger partial charge in [-0.25, -0.2) is 0 Å². The van der Waals surface area contributed by atoms with Gasteiger partial charge in [-0.2, -0.15) is 10.1 Å². The van der Waals surface area contributed by atoms with Crippen LogP contribution in [0.25, 0.3) is 0 Å². The predicted molar refractivity (Wildman–Crippen MR) is 71.9 cm³/mol. The summed E-state index contributed by atoms with van der Waals surface area (Å²) in [5.41, 5.74) is 0. The second-order valence-corrected chi connectivity index (χ2v) is 5.15. The third-order valence-corrected chi connectivity index (χ3v) is 3.28. The summed E-state index contributed by atoms with van der Waals surface area (Å²) in [7, 11) is 0. The van der Waals surface area contributed by atoms with Crippen LogP contribution in [0.15, 0.2) is 16.9 Å². The van der Waals surface area contributed by atoms with E-state index in [-0.39, 0.29) is 18.5 Å². The lowest BCUT2D eigenvalue weighted by Crippen LogP contribution is -2.31. The molecule has 112 valence electrons. The highest BCUT2D eigenvalue weighted by atomic mass is 35.5. The van der Waals surface area contributed by atoms with Gasteiger partial charge in [-0.1, -0.05) is 16.8 Å². The van der Waals surface area contributed by atoms with Crippen LogP contribution in [-0.2, 0) is 11.3 Å². The molecule has 0 aromatic carbocycles. The molecule has 1 aliphatic heterocycles. The summed E-state index contributed by atoms with van der Waals surface area (Å²) in [4.78, 5) is 15.9. The van der Waals surface area contributed by atoms with Crippen LogP contribution in [0.4, 0.5) is 0 Å². The normalized spacial score (nSPS) is 18.0. The molecule has 1 amide bonds. The van der Waals surface area contributed by atoms with Crippen LogP contribution in [0, 0.1) is 0 Å². The first-order valence-corrected chi connectivity index (χ1v) is 6.99. The first-order valence-electron chi connectivity index (χ1n) is 6.61. The molecule has 0 saturated carbocycles. The lowest BCUT2D eigenvalue weighted by atomic mass is 10.2. The number of aromatic nitrogens is 4. The van der Waals surface area contributed by atoms with Crippen LogP contribution in [0.1, 0.15) is 29.4 Å². The summed E-state index contributed by atoms with van der Waals surface area (Å²) in [5.74, 6) is -0.110. The molecule has 1 unspecified atom stereocenters. The van der Waals surface area contributed by atoms with Crippen LogP contribution < -0.4 is 5.32 Å². The second-order valence-electron chi connectivity index (χ2n) is 4.72. The fourth-order valence-electron chi connectivity index (χ4n) is 2.07. The van der Waals surface area contributed by atoms with E-state index in [0.717, 1.165) is 19.4 Å². The Morgan fingerprint density at radius 3 is 3.19 bits per heavy atom. The molecule has 0 aliphatic carbocycles. The van der Waals surface area contributed by atoms with Crippen LogP contribution in [-0.4, -0.2) is 45.1 Å². The van der Waals surface area contributed by atoms with Crippen molar-refractivity contribution in [2.24, 2.45) is 0 Å². The third-order valence-electron chi connectivity index (χ3n) is 3.08. The Morgan fingerprint density at radius 1 is 1.57 bits per heavy atom. The van der Waals surface area contributed by atoms with Gasteiger partial charge >= 0.3 is 11.8 Å². The fraction of sp³-hybridized carbons (Fsp3) is 0.500. The number of halogens is 1. The molecule has 2 aromatic heterocycles. The minimum atomic E-state index is -0.400. The summed E-state index contributed by atoms with van der Waals surface area (Å²) in [6, 6.07) is 0. The zero-order valence-corrected chi connectivity index (χ0v) is 11.9. The van der Waals surface area contributed by atoms with Gasteiger partial charge in [0.25, 0.3) is 0 Å². The molecular formula is C12H14ClN5O3. The Morgan fingerprint density at radius 2 is 2.48 bits per heavy atom. The van der Waals surface area contributed by atoms with Gasteiger partial charge in [-0.05, 0) is 12.8 Å². The summed E-state index contributed by atoms with van der Waals surface area (Å²) < 4.78 is 11.9. The van der Waals surface area contributed by atoms with Crippen molar-refractivity contribution in [3.05, 3.63) is 29.1 Å². The molecule has 1 saturated heterocycles. The highest BCUT2D eigenvalue weighted by molar-refractivity contribution is 6.30. The van der Waals surface area contributed by atoms with Crippen molar-refractivity contribution in [3.63, 3.8) is 0 Å². The molecule has 8 nitrogen and oxygen atoms in total. The van der Waals surface area contributed by atoms with Crippen LogP contribution >= 0.6 is 11.6 Å². The number of ether oxygens (including phenoxy) is 1. The number of nitrogens with one attached hydrogen (secondary N) is 1. The summed E-state index contributed by atoms with van der Waals surface area (Å²) in [6.07, 6.45) is 5.20. The molecular weight excluding hydrogens is 298 g/mol. The molecule has 3 rings (SSSR count). The van der Waals surface area contributed by atoms with Crippen molar-refractivity contribution in [1.82, 2.24) is 25.2 Å². The Bertz CT molecular complexity index is 620. The first kappa shape index (κ1) is 14.0. The lowest BCUT2D eigenvalue weighted by molar-refractivity contribution is 0.0822. The molecule has 1 N–H and O–H groups in total. The zero-order chi connectivity index (χ0) is 14.7. The van der Waals surface area contributed by atoms with Crippen LogP contribution in [0.2, 0.25) is 5.02 Å². The largest absolute Gasteiger partial charge is 0.376 e. The highest BCUT2D eigenvalue weighted by Crippen LogP contribution is 2.11. The summed E-state index contributed by atoms with van der Waals surface area (Å²) >= 11 is 5.76. The molecule has 0 radical (unpaired) electrons. The average molecular weight is 312 g/mol. The molecule has 0 bridgehead atoms. The predicted octanol–water partition coefficient (Wildman–Crippen LogP) is 0.877. The van der Waals surface area contributed by atoms with Gasteiger partial charge in [0.2, 0.25) is 0 Å². The molecule has 2 aromatic rings. The van der Waals surface area contributed by atoms with Crippen molar-refractivity contribution in [3.8, 4) is 0 Å². The smallest absolute Gasteiger partial charge is 0.316 e.